The Morgan fingerprint density at radius 3 is 2.59 bits per heavy atom. The van der Waals surface area contributed by atoms with Crippen LogP contribution in [0.3, 0.4) is 0 Å². The molecule has 0 atom stereocenters. The van der Waals surface area contributed by atoms with Crippen molar-refractivity contribution in [1.29, 1.82) is 0 Å². The number of nitrogens with zero attached hydrogens (tertiary/aromatic N) is 2. The van der Waals surface area contributed by atoms with E-state index >= 15 is 0 Å². The van der Waals surface area contributed by atoms with E-state index in [9.17, 15) is 9.18 Å². The number of benzene rings is 2. The van der Waals surface area contributed by atoms with Crippen LogP contribution in [-0.2, 0) is 13.2 Å². The lowest BCUT2D eigenvalue weighted by Gasteiger charge is -2.07. The topological polar surface area (TPSA) is 69.3 Å². The number of hydrogen-bond acceptors (Lipinski definition) is 4. The van der Waals surface area contributed by atoms with Gasteiger partial charge in [-0.15, -0.1) is 0 Å². The Bertz CT molecular complexity index is 1250. The average molecular weight is 495 g/mol. The molecule has 0 aliphatic rings. The number of ether oxygens (including phenoxy) is 1. The molecule has 1 N–H and O–H groups in total. The molecule has 10 heteroatoms. The van der Waals surface area contributed by atoms with Crippen molar-refractivity contribution in [2.75, 3.05) is 5.32 Å². The predicted molar refractivity (Wildman–Crippen MR) is 120 cm³/mol. The minimum atomic E-state index is -0.475. The number of carbonyl (C=O) groups excluding carboxylic acids is 1. The molecular weight excluding hydrogens is 480 g/mol. The van der Waals surface area contributed by atoms with E-state index in [2.05, 4.69) is 10.4 Å². The maximum Gasteiger partial charge on any atom is 0.292 e. The van der Waals surface area contributed by atoms with Gasteiger partial charge in [0.2, 0.25) is 0 Å². The molecule has 0 saturated heterocycles. The van der Waals surface area contributed by atoms with Crippen LogP contribution in [0.2, 0.25) is 15.1 Å². The van der Waals surface area contributed by atoms with E-state index in [1.807, 2.05) is 0 Å². The molecule has 6 nitrogen and oxygen atoms in total. The Morgan fingerprint density at radius 2 is 1.84 bits per heavy atom. The lowest BCUT2D eigenvalue weighted by atomic mass is 10.2. The van der Waals surface area contributed by atoms with Crippen LogP contribution in [0.4, 0.5) is 10.2 Å². The summed E-state index contributed by atoms with van der Waals surface area (Å²) in [5.74, 6) is 0.186. The fourth-order valence-corrected chi connectivity index (χ4v) is 3.60. The van der Waals surface area contributed by atoms with E-state index in [1.165, 1.54) is 18.2 Å². The summed E-state index contributed by atoms with van der Waals surface area (Å²) in [7, 11) is 0. The van der Waals surface area contributed by atoms with Crippen molar-refractivity contribution in [2.45, 2.75) is 13.2 Å². The quantitative estimate of drug-likeness (QED) is 0.320. The van der Waals surface area contributed by atoms with Crippen molar-refractivity contribution in [3.05, 3.63) is 98.8 Å². The molecule has 0 bridgehead atoms. The third kappa shape index (κ3) is 5.24. The number of aromatic nitrogens is 2. The van der Waals surface area contributed by atoms with Gasteiger partial charge in [-0.25, -0.2) is 4.39 Å². The minimum absolute atomic E-state index is 0.0197. The number of amides is 1. The number of furan rings is 1. The summed E-state index contributed by atoms with van der Waals surface area (Å²) in [5, 5.41) is 8.18. The van der Waals surface area contributed by atoms with E-state index in [0.29, 0.717) is 33.9 Å². The molecule has 0 saturated carbocycles. The van der Waals surface area contributed by atoms with E-state index < -0.39 is 11.7 Å². The second kappa shape index (κ2) is 9.65. The molecule has 4 rings (SSSR count). The fourth-order valence-electron chi connectivity index (χ4n) is 2.86. The fraction of sp³-hybridized carbons (Fsp3) is 0.0909. The first-order chi connectivity index (χ1) is 15.4. The number of nitrogens with one attached hydrogen (secondary N) is 1. The lowest BCUT2D eigenvalue weighted by Crippen LogP contribution is -2.12. The van der Waals surface area contributed by atoms with Gasteiger partial charge in [-0.1, -0.05) is 40.9 Å². The number of rotatable bonds is 7. The summed E-state index contributed by atoms with van der Waals surface area (Å²) >= 11 is 18.3. The van der Waals surface area contributed by atoms with Gasteiger partial charge in [0.15, 0.2) is 11.6 Å². The number of anilines is 1. The zero-order chi connectivity index (χ0) is 22.7. The standard InChI is InChI=1S/C22H15Cl3FN3O3/c23-16-2-1-3-17(24)15(16)11-29-9-8-21(28-29)27-22(30)20-7-5-14(32-20)12-31-19-6-4-13(26)10-18(19)25/h1-10H,11-12H2,(H,27,28,30). The summed E-state index contributed by atoms with van der Waals surface area (Å²) in [6, 6.07) is 13.8. The second-order valence-electron chi connectivity index (χ2n) is 6.68. The van der Waals surface area contributed by atoms with Crippen LogP contribution < -0.4 is 10.1 Å². The summed E-state index contributed by atoms with van der Waals surface area (Å²) in [6.45, 7) is 0.369. The van der Waals surface area contributed by atoms with Crippen molar-refractivity contribution in [2.24, 2.45) is 0 Å². The van der Waals surface area contributed by atoms with Crippen molar-refractivity contribution in [1.82, 2.24) is 9.78 Å². The third-order valence-electron chi connectivity index (χ3n) is 4.41. The predicted octanol–water partition coefficient (Wildman–Crippen LogP) is 6.46. The van der Waals surface area contributed by atoms with Crippen molar-refractivity contribution in [3.8, 4) is 5.75 Å². The first kappa shape index (κ1) is 22.2. The number of carbonyl (C=O) groups is 1. The van der Waals surface area contributed by atoms with Gasteiger partial charge in [-0.3, -0.25) is 9.48 Å². The van der Waals surface area contributed by atoms with Crippen LogP contribution in [0.1, 0.15) is 21.9 Å². The molecule has 0 unspecified atom stereocenters. The molecule has 164 valence electrons. The average Bonchev–Trinajstić information content (AvgIpc) is 3.40. The van der Waals surface area contributed by atoms with Gasteiger partial charge in [0.05, 0.1) is 11.6 Å². The zero-order valence-electron chi connectivity index (χ0n) is 16.3. The van der Waals surface area contributed by atoms with E-state index in [0.717, 1.165) is 11.6 Å². The molecule has 0 radical (unpaired) electrons. The van der Waals surface area contributed by atoms with E-state index in [-0.39, 0.29) is 17.4 Å². The Kier molecular flexibility index (Phi) is 6.69. The number of halogens is 4. The maximum atomic E-state index is 13.1. The van der Waals surface area contributed by atoms with Gasteiger partial charge in [0.1, 0.15) is 23.9 Å². The lowest BCUT2D eigenvalue weighted by molar-refractivity contribution is 0.0992. The van der Waals surface area contributed by atoms with Gasteiger partial charge >= 0.3 is 0 Å². The van der Waals surface area contributed by atoms with Gasteiger partial charge in [-0.2, -0.15) is 5.10 Å². The summed E-state index contributed by atoms with van der Waals surface area (Å²) < 4.78 is 25.7. The van der Waals surface area contributed by atoms with Crippen LogP contribution >= 0.6 is 34.8 Å². The second-order valence-corrected chi connectivity index (χ2v) is 7.90. The molecule has 0 aliphatic carbocycles. The monoisotopic (exact) mass is 493 g/mol. The van der Waals surface area contributed by atoms with Gasteiger partial charge < -0.3 is 14.5 Å². The molecule has 0 aliphatic heterocycles. The summed E-state index contributed by atoms with van der Waals surface area (Å²) in [6.07, 6.45) is 1.70. The van der Waals surface area contributed by atoms with Gasteiger partial charge in [0, 0.05) is 27.9 Å². The van der Waals surface area contributed by atoms with Crippen LogP contribution in [0.5, 0.6) is 5.75 Å². The molecule has 0 fully saturated rings. The maximum absolute atomic E-state index is 13.1. The highest BCUT2D eigenvalue weighted by Gasteiger charge is 2.14. The highest BCUT2D eigenvalue weighted by molar-refractivity contribution is 6.36. The van der Waals surface area contributed by atoms with Gasteiger partial charge in [-0.05, 0) is 42.5 Å². The molecule has 0 spiro atoms. The van der Waals surface area contributed by atoms with Crippen LogP contribution in [0, 0.1) is 5.82 Å². The molecule has 2 aromatic heterocycles. The number of hydrogen-bond donors (Lipinski definition) is 1. The van der Waals surface area contributed by atoms with Crippen LogP contribution in [0.25, 0.3) is 0 Å². The molecule has 2 heterocycles. The van der Waals surface area contributed by atoms with Crippen LogP contribution in [-0.4, -0.2) is 15.7 Å². The SMILES string of the molecule is O=C(Nc1ccn(Cc2c(Cl)cccc2Cl)n1)c1ccc(COc2ccc(F)cc2Cl)o1. The van der Waals surface area contributed by atoms with Crippen LogP contribution in [0.15, 0.2) is 65.2 Å². The molecular formula is C22H15Cl3FN3O3. The van der Waals surface area contributed by atoms with E-state index in [1.54, 1.807) is 41.2 Å². The zero-order valence-corrected chi connectivity index (χ0v) is 18.6. The summed E-state index contributed by atoms with van der Waals surface area (Å²) in [4.78, 5) is 12.5. The van der Waals surface area contributed by atoms with Crippen molar-refractivity contribution < 1.29 is 18.3 Å². The van der Waals surface area contributed by atoms with Crippen molar-refractivity contribution >= 4 is 46.5 Å². The molecule has 4 aromatic rings. The Hall–Kier alpha value is -3.00. The van der Waals surface area contributed by atoms with Gasteiger partial charge in [0.25, 0.3) is 5.91 Å². The summed E-state index contributed by atoms with van der Waals surface area (Å²) in [5.41, 5.74) is 0.730. The largest absolute Gasteiger partial charge is 0.484 e. The third-order valence-corrected chi connectivity index (χ3v) is 5.42. The molecule has 1 amide bonds. The first-order valence-corrected chi connectivity index (χ1v) is 10.5. The Morgan fingerprint density at radius 1 is 1.06 bits per heavy atom. The highest BCUT2D eigenvalue weighted by atomic mass is 35.5. The normalized spacial score (nSPS) is 10.9. The van der Waals surface area contributed by atoms with Crippen molar-refractivity contribution in [3.63, 3.8) is 0 Å². The Labute approximate surface area is 197 Å². The first-order valence-electron chi connectivity index (χ1n) is 9.33. The highest BCUT2D eigenvalue weighted by Crippen LogP contribution is 2.27. The molecule has 2 aromatic carbocycles. The smallest absolute Gasteiger partial charge is 0.292 e. The Balaban J connectivity index is 1.36. The minimum Gasteiger partial charge on any atom is -0.484 e. The van der Waals surface area contributed by atoms with E-state index in [4.69, 9.17) is 44.0 Å². The molecule has 32 heavy (non-hydrogen) atoms.